The smallest absolute Gasteiger partial charge is 0.262 e. The maximum Gasteiger partial charge on any atom is 0.262 e. The largest absolute Gasteiger partial charge is 0.497 e. The Morgan fingerprint density at radius 3 is 2.59 bits per heavy atom. The number of ether oxygens (including phenoxy) is 2. The maximum atomic E-state index is 13.3. The second kappa shape index (κ2) is 8.89. The normalized spacial score (nSPS) is 20.7. The molecule has 0 aromatic heterocycles. The predicted octanol–water partition coefficient (Wildman–Crippen LogP) is 5.98. The monoisotopic (exact) mass is 496 g/mol. The van der Waals surface area contributed by atoms with E-state index in [0.717, 1.165) is 28.3 Å². The fourth-order valence-corrected chi connectivity index (χ4v) is 6.22. The van der Waals surface area contributed by atoms with Gasteiger partial charge in [0.15, 0.2) is 0 Å². The van der Waals surface area contributed by atoms with E-state index < -0.39 is 10.0 Å². The molecule has 0 radical (unpaired) electrons. The second-order valence-corrected chi connectivity index (χ2v) is 10.5. The van der Waals surface area contributed by atoms with Gasteiger partial charge >= 0.3 is 0 Å². The first-order chi connectivity index (χ1) is 16.4. The highest BCUT2D eigenvalue weighted by Crippen LogP contribution is 2.51. The highest BCUT2D eigenvalue weighted by atomic mass is 35.5. The van der Waals surface area contributed by atoms with Gasteiger partial charge in [-0.25, -0.2) is 8.42 Å². The molecule has 1 heterocycles. The Labute approximate surface area is 204 Å². The summed E-state index contributed by atoms with van der Waals surface area (Å²) in [5, 5.41) is 4.34. The number of nitrogens with one attached hydrogen (secondary N) is 2. The van der Waals surface area contributed by atoms with E-state index in [1.807, 2.05) is 30.3 Å². The summed E-state index contributed by atoms with van der Waals surface area (Å²) in [5.74, 6) is 1.28. The molecule has 3 aromatic carbocycles. The van der Waals surface area contributed by atoms with Gasteiger partial charge in [-0.15, -0.1) is 0 Å². The lowest BCUT2D eigenvalue weighted by molar-refractivity contribution is 0.405. The number of sulfonamides is 1. The molecular formula is C26H25ClN2O4S. The average molecular weight is 497 g/mol. The van der Waals surface area contributed by atoms with Gasteiger partial charge in [0.25, 0.3) is 10.0 Å². The molecule has 6 nitrogen and oxygen atoms in total. The molecule has 176 valence electrons. The lowest BCUT2D eigenvalue weighted by Crippen LogP contribution is -2.29. The third kappa shape index (κ3) is 3.99. The average Bonchev–Trinajstić information content (AvgIpc) is 3.34. The highest BCUT2D eigenvalue weighted by molar-refractivity contribution is 7.92. The summed E-state index contributed by atoms with van der Waals surface area (Å²) in [6.07, 6.45) is 5.23. The van der Waals surface area contributed by atoms with Crippen LogP contribution in [-0.4, -0.2) is 22.6 Å². The van der Waals surface area contributed by atoms with Gasteiger partial charge in [-0.05, 0) is 59.9 Å². The fraction of sp³-hybridized carbons (Fsp3) is 0.231. The summed E-state index contributed by atoms with van der Waals surface area (Å²) in [5.41, 5.74) is 3.24. The molecule has 1 aliphatic heterocycles. The minimum absolute atomic E-state index is 0.0443. The van der Waals surface area contributed by atoms with Gasteiger partial charge in [0, 0.05) is 22.7 Å². The van der Waals surface area contributed by atoms with Crippen molar-refractivity contribution in [3.05, 3.63) is 89.0 Å². The van der Waals surface area contributed by atoms with Crippen molar-refractivity contribution in [1.29, 1.82) is 0 Å². The molecule has 1 aliphatic carbocycles. The number of fused-ring (bicyclic) bond motifs is 3. The predicted molar refractivity (Wildman–Crippen MR) is 135 cm³/mol. The van der Waals surface area contributed by atoms with Crippen LogP contribution in [0, 0.1) is 5.92 Å². The summed E-state index contributed by atoms with van der Waals surface area (Å²) in [7, 11) is -0.846. The van der Waals surface area contributed by atoms with Crippen molar-refractivity contribution in [3.63, 3.8) is 0 Å². The zero-order valence-corrected chi connectivity index (χ0v) is 20.4. The molecule has 0 unspecified atom stereocenters. The van der Waals surface area contributed by atoms with Crippen LogP contribution in [-0.2, 0) is 10.0 Å². The van der Waals surface area contributed by atoms with Gasteiger partial charge in [-0.1, -0.05) is 42.0 Å². The zero-order valence-electron chi connectivity index (χ0n) is 18.8. The van der Waals surface area contributed by atoms with E-state index in [1.165, 1.54) is 14.2 Å². The summed E-state index contributed by atoms with van der Waals surface area (Å²) >= 11 is 6.52. The standard InChI is InChI=1S/C26H25ClN2O4S/c1-32-16-10-13-25(33-2)24(14-16)29-34(30,31)17-11-12-23-21(15-17)18-7-5-8-19(18)26(28-23)20-6-3-4-9-22(20)27/h3-7,9-15,18-19,26,28-29H,8H2,1-2H3/t18-,19+,26-/m0/s1. The molecule has 0 saturated carbocycles. The molecule has 0 bridgehead atoms. The number of allylic oxidation sites excluding steroid dienone is 2. The molecule has 0 saturated heterocycles. The Balaban J connectivity index is 1.50. The Kier molecular flexibility index (Phi) is 5.91. The van der Waals surface area contributed by atoms with E-state index in [4.69, 9.17) is 21.1 Å². The van der Waals surface area contributed by atoms with Crippen LogP contribution in [0.15, 0.2) is 77.7 Å². The SMILES string of the molecule is COc1ccc(OC)c(NS(=O)(=O)c2ccc3c(c2)[C@H]2C=CC[C@H]2[C@@H](c2ccccc2Cl)N3)c1. The minimum Gasteiger partial charge on any atom is -0.497 e. The van der Waals surface area contributed by atoms with Crippen LogP contribution in [0.5, 0.6) is 11.5 Å². The van der Waals surface area contributed by atoms with Crippen molar-refractivity contribution < 1.29 is 17.9 Å². The molecule has 3 atom stereocenters. The van der Waals surface area contributed by atoms with Crippen LogP contribution in [0.4, 0.5) is 11.4 Å². The molecule has 0 amide bonds. The quantitative estimate of drug-likeness (QED) is 0.410. The van der Waals surface area contributed by atoms with Gasteiger partial charge in [0.05, 0.1) is 30.8 Å². The molecular weight excluding hydrogens is 472 g/mol. The lowest BCUT2D eigenvalue weighted by atomic mass is 9.77. The summed E-state index contributed by atoms with van der Waals surface area (Å²) in [6.45, 7) is 0. The molecule has 2 N–H and O–H groups in total. The van der Waals surface area contributed by atoms with Crippen LogP contribution in [0.3, 0.4) is 0 Å². The van der Waals surface area contributed by atoms with Crippen molar-refractivity contribution in [2.45, 2.75) is 23.3 Å². The number of anilines is 2. The van der Waals surface area contributed by atoms with E-state index in [1.54, 1.807) is 30.3 Å². The van der Waals surface area contributed by atoms with Crippen LogP contribution >= 0.6 is 11.6 Å². The Morgan fingerprint density at radius 1 is 1.00 bits per heavy atom. The molecule has 5 rings (SSSR count). The van der Waals surface area contributed by atoms with E-state index in [-0.39, 0.29) is 22.8 Å². The zero-order chi connectivity index (χ0) is 23.9. The first kappa shape index (κ1) is 22.6. The number of hydrogen-bond acceptors (Lipinski definition) is 5. The Morgan fingerprint density at radius 2 is 1.82 bits per heavy atom. The summed E-state index contributed by atoms with van der Waals surface area (Å²) in [6, 6.07) is 18.1. The number of hydrogen-bond donors (Lipinski definition) is 2. The fourth-order valence-electron chi connectivity index (χ4n) is 4.87. The van der Waals surface area contributed by atoms with Crippen LogP contribution < -0.4 is 19.5 Å². The molecule has 8 heteroatoms. The molecule has 0 fully saturated rings. The van der Waals surface area contributed by atoms with E-state index in [2.05, 4.69) is 22.2 Å². The Hall–Kier alpha value is -3.16. The lowest BCUT2D eigenvalue weighted by Gasteiger charge is -2.38. The first-order valence-corrected chi connectivity index (χ1v) is 12.8. The molecule has 34 heavy (non-hydrogen) atoms. The maximum absolute atomic E-state index is 13.3. The minimum atomic E-state index is -3.86. The van der Waals surface area contributed by atoms with Gasteiger partial charge in [-0.2, -0.15) is 0 Å². The van der Waals surface area contributed by atoms with Gasteiger partial charge in [0.2, 0.25) is 0 Å². The first-order valence-electron chi connectivity index (χ1n) is 11.0. The van der Waals surface area contributed by atoms with E-state index in [0.29, 0.717) is 17.2 Å². The van der Waals surface area contributed by atoms with Crippen molar-refractivity contribution >= 4 is 33.0 Å². The number of halogens is 1. The topological polar surface area (TPSA) is 76.7 Å². The number of methoxy groups -OCH3 is 2. The third-order valence-electron chi connectivity index (χ3n) is 6.54. The van der Waals surface area contributed by atoms with Crippen molar-refractivity contribution in [1.82, 2.24) is 0 Å². The highest BCUT2D eigenvalue weighted by Gasteiger charge is 2.39. The summed E-state index contributed by atoms with van der Waals surface area (Å²) < 4.78 is 39.8. The molecule has 3 aromatic rings. The van der Waals surface area contributed by atoms with Crippen molar-refractivity contribution in [3.8, 4) is 11.5 Å². The summed E-state index contributed by atoms with van der Waals surface area (Å²) in [4.78, 5) is 0.188. The second-order valence-electron chi connectivity index (χ2n) is 8.42. The van der Waals surface area contributed by atoms with E-state index in [9.17, 15) is 8.42 Å². The Bertz CT molecular complexity index is 1370. The van der Waals surface area contributed by atoms with Crippen molar-refractivity contribution in [2.24, 2.45) is 5.92 Å². The third-order valence-corrected chi connectivity index (χ3v) is 8.24. The van der Waals surface area contributed by atoms with Crippen molar-refractivity contribution in [2.75, 3.05) is 24.3 Å². The number of rotatable bonds is 6. The van der Waals surface area contributed by atoms with Crippen LogP contribution in [0.2, 0.25) is 5.02 Å². The van der Waals surface area contributed by atoms with E-state index >= 15 is 0 Å². The molecule has 0 spiro atoms. The van der Waals surface area contributed by atoms with Gasteiger partial charge in [-0.3, -0.25) is 4.72 Å². The van der Waals surface area contributed by atoms with Crippen LogP contribution in [0.25, 0.3) is 0 Å². The number of benzene rings is 3. The van der Waals surface area contributed by atoms with Gasteiger partial charge < -0.3 is 14.8 Å². The van der Waals surface area contributed by atoms with Gasteiger partial charge in [0.1, 0.15) is 11.5 Å². The van der Waals surface area contributed by atoms with Crippen LogP contribution in [0.1, 0.15) is 29.5 Å². The molecule has 2 aliphatic rings.